The van der Waals surface area contributed by atoms with E-state index in [1.165, 1.54) is 14.2 Å². The predicted octanol–water partition coefficient (Wildman–Crippen LogP) is 8.46. The largest absolute Gasteiger partial charge is 0.453 e. The number of hydrogen-bond acceptors (Lipinski definition) is 9. The second-order valence-corrected chi connectivity index (χ2v) is 18.7. The van der Waals surface area contributed by atoms with E-state index in [1.54, 1.807) is 0 Å². The molecule has 4 aliphatic rings. The van der Waals surface area contributed by atoms with E-state index in [0.29, 0.717) is 50.9 Å². The van der Waals surface area contributed by atoms with Crippen LogP contribution >= 0.6 is 23.2 Å². The minimum absolute atomic E-state index is 0.0920. The lowest BCUT2D eigenvalue weighted by atomic mass is 9.80. The van der Waals surface area contributed by atoms with Crippen molar-refractivity contribution in [3.8, 4) is 33.8 Å². The Kier molecular flexibility index (Phi) is 11.4. The van der Waals surface area contributed by atoms with Gasteiger partial charge in [-0.15, -0.1) is 0 Å². The Morgan fingerprint density at radius 2 is 1.19 bits per heavy atom. The minimum atomic E-state index is -0.733. The topological polar surface area (TPSA) is 188 Å². The maximum Gasteiger partial charge on any atom is 0.407 e. The second kappa shape index (κ2) is 16.8. The van der Waals surface area contributed by atoms with Crippen LogP contribution in [0.1, 0.15) is 83.5 Å². The summed E-state index contributed by atoms with van der Waals surface area (Å²) in [5, 5.41) is 7.13. The van der Waals surface area contributed by atoms with Gasteiger partial charge in [0.25, 0.3) is 0 Å². The molecule has 330 valence electrons. The molecule has 2 saturated heterocycles. The highest BCUT2D eigenvalue weighted by Crippen LogP contribution is 2.54. The summed E-state index contributed by atoms with van der Waals surface area (Å²) in [7, 11) is 2.57. The number of methoxy groups -OCH3 is 2. The van der Waals surface area contributed by atoms with Crippen molar-refractivity contribution in [2.75, 3.05) is 14.2 Å². The number of carbonyl (C=O) groups is 4. The molecule has 2 saturated carbocycles. The number of H-pyrrole nitrogens is 2. The lowest BCUT2D eigenvalue weighted by Crippen LogP contribution is -2.54. The Morgan fingerprint density at radius 3 is 1.76 bits per heavy atom. The van der Waals surface area contributed by atoms with Gasteiger partial charge in [0.05, 0.1) is 37.5 Å². The molecule has 3 aromatic heterocycles. The van der Waals surface area contributed by atoms with Crippen molar-refractivity contribution < 1.29 is 28.7 Å². The van der Waals surface area contributed by atoms with E-state index in [4.69, 9.17) is 47.6 Å². The fraction of sp³-hybridized carbons (Fsp3) is 0.457. The summed E-state index contributed by atoms with van der Waals surface area (Å²) in [6.45, 7) is 7.60. The first-order valence-corrected chi connectivity index (χ1v) is 22.4. The summed E-state index contributed by atoms with van der Waals surface area (Å²) >= 11 is 13.6. The van der Waals surface area contributed by atoms with E-state index in [2.05, 4.69) is 26.7 Å². The standard InChI is InChI=1S/C46H51Cl2N9O6/c1-21(2)35(52-45(60)62-5)43(58)56-31-16-13-27(31)18-33(56)41-50-37(39(47)54-41)24-9-7-23(8-10-24)25-11-14-29-26(17-25)12-15-30(49-29)38-40(48)55-42(51-38)34-20-28-19-32(28)57(34)44(59)36(22(3)4)53-46(61)63-6/h7-12,14-15,17,21-22,27-28,31-36H,13,16,18-20H2,1-6H3,(H,50,54)(H,51,55)(H,52,60)(H,53,61)/t27-,28?,31-,32-,33+,34+,35+,36+/m1/s1. The monoisotopic (exact) mass is 895 g/mol. The molecule has 4 fully saturated rings. The number of nitrogens with one attached hydrogen (secondary N) is 4. The first-order valence-electron chi connectivity index (χ1n) is 21.6. The van der Waals surface area contributed by atoms with Crippen molar-refractivity contribution >= 4 is 58.1 Å². The number of carbonyl (C=O) groups excluding carboxylic acids is 4. The Balaban J connectivity index is 0.912. The highest BCUT2D eigenvalue weighted by molar-refractivity contribution is 6.32. The number of fused-ring (bicyclic) bond motifs is 3. The van der Waals surface area contributed by atoms with Crippen LogP contribution in [0.2, 0.25) is 10.3 Å². The molecule has 2 aliphatic heterocycles. The SMILES string of the molecule is COC(=O)N[C@H](C(=O)N1[C@@H]2CC2C[C@H]1c1nc(-c2ccc3cc(-c4ccc(-c5nc([C@@H]6C[C@H]7CC[C@H]7N6C(=O)[C@@H](NC(=O)OC)C(C)C)[nH]c5Cl)cc4)ccc3n2)c(Cl)[nH]1)C(C)C. The maximum atomic E-state index is 14.0. The molecule has 5 heterocycles. The number of amides is 4. The summed E-state index contributed by atoms with van der Waals surface area (Å²) < 4.78 is 9.62. The molecule has 8 atom stereocenters. The van der Waals surface area contributed by atoms with E-state index in [9.17, 15) is 19.2 Å². The van der Waals surface area contributed by atoms with Crippen LogP contribution < -0.4 is 10.6 Å². The van der Waals surface area contributed by atoms with Gasteiger partial charge in [-0.25, -0.2) is 24.5 Å². The number of nitrogens with zero attached hydrogens (tertiary/aromatic N) is 5. The van der Waals surface area contributed by atoms with Crippen molar-refractivity contribution in [3.63, 3.8) is 0 Å². The first-order chi connectivity index (χ1) is 30.2. The number of benzene rings is 2. The number of hydrogen-bond donors (Lipinski definition) is 4. The summed E-state index contributed by atoms with van der Waals surface area (Å²) in [6.07, 6.45) is 3.13. The molecular formula is C46H51Cl2N9O6. The Bertz CT molecular complexity index is 2590. The van der Waals surface area contributed by atoms with Crippen molar-refractivity contribution in [3.05, 3.63) is 76.6 Å². The quantitative estimate of drug-likeness (QED) is 0.101. The van der Waals surface area contributed by atoms with Crippen LogP contribution in [-0.2, 0) is 19.1 Å². The van der Waals surface area contributed by atoms with E-state index in [-0.39, 0.29) is 47.8 Å². The van der Waals surface area contributed by atoms with Gasteiger partial charge in [-0.2, -0.15) is 0 Å². The maximum absolute atomic E-state index is 14.0. The van der Waals surface area contributed by atoms with Crippen LogP contribution in [0.4, 0.5) is 9.59 Å². The van der Waals surface area contributed by atoms with E-state index < -0.39 is 24.3 Å². The summed E-state index contributed by atoms with van der Waals surface area (Å²) in [6, 6.07) is 16.1. The predicted molar refractivity (Wildman–Crippen MR) is 238 cm³/mol. The molecule has 2 aromatic carbocycles. The number of alkyl carbamates (subject to hydrolysis) is 2. The van der Waals surface area contributed by atoms with Crippen LogP contribution in [0.15, 0.2) is 54.6 Å². The molecule has 63 heavy (non-hydrogen) atoms. The average Bonchev–Trinajstić information content (AvgIpc) is 3.50. The molecule has 15 nitrogen and oxygen atoms in total. The number of imidazole rings is 2. The average molecular weight is 897 g/mol. The van der Waals surface area contributed by atoms with E-state index >= 15 is 0 Å². The number of halogens is 2. The van der Waals surface area contributed by atoms with Crippen LogP contribution in [0.25, 0.3) is 44.7 Å². The molecule has 1 unspecified atom stereocenters. The highest BCUT2D eigenvalue weighted by atomic mass is 35.5. The van der Waals surface area contributed by atoms with Crippen LogP contribution in [0.5, 0.6) is 0 Å². The van der Waals surface area contributed by atoms with Gasteiger partial charge >= 0.3 is 12.2 Å². The fourth-order valence-corrected chi connectivity index (χ4v) is 10.3. The van der Waals surface area contributed by atoms with Gasteiger partial charge in [0.1, 0.15) is 45.4 Å². The number of piperidine rings is 1. The van der Waals surface area contributed by atoms with Gasteiger partial charge in [-0.1, -0.05) is 87.3 Å². The Labute approximate surface area is 375 Å². The molecule has 0 radical (unpaired) electrons. The lowest BCUT2D eigenvalue weighted by molar-refractivity contribution is -0.139. The molecule has 17 heteroatoms. The zero-order valence-corrected chi connectivity index (χ0v) is 37.5. The lowest BCUT2D eigenvalue weighted by Gasteiger charge is -2.39. The Hall–Kier alpha value is -5.67. The van der Waals surface area contributed by atoms with Gasteiger partial charge in [-0.3, -0.25) is 9.59 Å². The second-order valence-electron chi connectivity index (χ2n) is 17.9. The molecule has 0 spiro atoms. The van der Waals surface area contributed by atoms with Gasteiger partial charge in [-0.05, 0) is 85.1 Å². The molecule has 2 aliphatic carbocycles. The molecule has 9 rings (SSSR count). The summed E-state index contributed by atoms with van der Waals surface area (Å²) in [4.78, 5) is 77.2. The third kappa shape index (κ3) is 7.87. The molecule has 5 aromatic rings. The Morgan fingerprint density at radius 1 is 0.651 bits per heavy atom. The zero-order chi connectivity index (χ0) is 44.4. The summed E-state index contributed by atoms with van der Waals surface area (Å²) in [5.74, 6) is 1.39. The number of ether oxygens (including phenoxy) is 2. The smallest absolute Gasteiger partial charge is 0.407 e. The van der Waals surface area contributed by atoms with Crippen molar-refractivity contribution in [2.45, 2.75) is 96.1 Å². The molecule has 0 bridgehead atoms. The van der Waals surface area contributed by atoms with Crippen LogP contribution in [-0.4, -0.2) is 97.1 Å². The van der Waals surface area contributed by atoms with Crippen molar-refractivity contribution in [1.29, 1.82) is 0 Å². The first kappa shape index (κ1) is 42.6. The number of rotatable bonds is 11. The van der Waals surface area contributed by atoms with Gasteiger partial charge in [0.2, 0.25) is 11.8 Å². The van der Waals surface area contributed by atoms with Gasteiger partial charge < -0.3 is 39.9 Å². The van der Waals surface area contributed by atoms with E-state index in [1.807, 2.05) is 86.0 Å². The molecular weight excluding hydrogens is 845 g/mol. The summed E-state index contributed by atoms with van der Waals surface area (Å²) in [5.41, 5.74) is 5.31. The highest BCUT2D eigenvalue weighted by Gasteiger charge is 2.56. The molecule has 4 N–H and O–H groups in total. The fourth-order valence-electron chi connectivity index (χ4n) is 9.79. The number of likely N-dealkylation sites (tertiary alicyclic amines) is 2. The van der Waals surface area contributed by atoms with Crippen LogP contribution in [0.3, 0.4) is 0 Å². The number of pyridine rings is 1. The molecule has 4 amide bonds. The minimum Gasteiger partial charge on any atom is -0.453 e. The number of aromatic amines is 2. The third-order valence-electron chi connectivity index (χ3n) is 13.4. The normalized spacial score (nSPS) is 23.3. The van der Waals surface area contributed by atoms with Crippen LogP contribution in [0, 0.1) is 23.7 Å². The van der Waals surface area contributed by atoms with Crippen molar-refractivity contribution in [2.24, 2.45) is 23.7 Å². The number of aromatic nitrogens is 5. The van der Waals surface area contributed by atoms with E-state index in [0.717, 1.165) is 59.7 Å². The van der Waals surface area contributed by atoms with Gasteiger partial charge in [0.15, 0.2) is 0 Å². The van der Waals surface area contributed by atoms with Crippen molar-refractivity contribution in [1.82, 2.24) is 45.4 Å². The third-order valence-corrected chi connectivity index (χ3v) is 14.0. The zero-order valence-electron chi connectivity index (χ0n) is 35.9. The van der Waals surface area contributed by atoms with Gasteiger partial charge in [0, 0.05) is 23.0 Å².